The Morgan fingerprint density at radius 3 is 2.27 bits per heavy atom. The molecule has 0 aromatic heterocycles. The summed E-state index contributed by atoms with van der Waals surface area (Å²) in [5.41, 5.74) is -0.0462. The van der Waals surface area contributed by atoms with Crippen LogP contribution in [0.15, 0.2) is 4.99 Å². The average molecular weight is 165 g/mol. The molecule has 0 aliphatic heterocycles. The molecule has 0 saturated heterocycles. The molecule has 0 radical (unpaired) electrons. The molecule has 0 aromatic carbocycles. The summed E-state index contributed by atoms with van der Waals surface area (Å²) in [6.07, 6.45) is 1.61. The van der Waals surface area contributed by atoms with Crippen molar-refractivity contribution in [2.24, 2.45) is 10.4 Å². The van der Waals surface area contributed by atoms with E-state index in [1.807, 2.05) is 20.8 Å². The third-order valence-electron chi connectivity index (χ3n) is 0.699. The van der Waals surface area contributed by atoms with Gasteiger partial charge < -0.3 is 9.90 Å². The third-order valence-corrected chi connectivity index (χ3v) is 0.699. The summed E-state index contributed by atoms with van der Waals surface area (Å²) in [5.74, 6) is -1.14. The van der Waals surface area contributed by atoms with E-state index in [0.29, 0.717) is 0 Å². The van der Waals surface area contributed by atoms with Crippen molar-refractivity contribution in [1.29, 1.82) is 0 Å². The summed E-state index contributed by atoms with van der Waals surface area (Å²) < 4.78 is 0. The standard InChI is InChI=1S/C7H13NO2.Na/c1-7(2,3)5-8-4-6(9)10;/h5H,4H2,1-3H3,(H,9,10);/q;+1/p-1. The fourth-order valence-corrected chi connectivity index (χ4v) is 0.394. The van der Waals surface area contributed by atoms with Crippen molar-refractivity contribution < 1.29 is 39.5 Å². The average Bonchev–Trinajstić information content (AvgIpc) is 1.59. The van der Waals surface area contributed by atoms with Crippen LogP contribution < -0.4 is 34.7 Å². The Kier molecular flexibility index (Phi) is 7.16. The Labute approximate surface area is 89.2 Å². The van der Waals surface area contributed by atoms with Crippen molar-refractivity contribution in [2.75, 3.05) is 6.54 Å². The Morgan fingerprint density at radius 2 is 2.00 bits per heavy atom. The Hall–Kier alpha value is 0.140. The van der Waals surface area contributed by atoms with E-state index in [-0.39, 0.29) is 41.5 Å². The van der Waals surface area contributed by atoms with Crippen LogP contribution in [0.4, 0.5) is 0 Å². The number of rotatable bonds is 2. The first kappa shape index (κ1) is 13.7. The number of carboxylic acids is 1. The van der Waals surface area contributed by atoms with Crippen LogP contribution >= 0.6 is 0 Å². The quantitative estimate of drug-likeness (QED) is 0.320. The molecule has 0 heterocycles. The van der Waals surface area contributed by atoms with Gasteiger partial charge in [-0.15, -0.1) is 0 Å². The van der Waals surface area contributed by atoms with Crippen LogP contribution in [0.3, 0.4) is 0 Å². The minimum Gasteiger partial charge on any atom is -0.548 e. The number of hydrogen-bond donors (Lipinski definition) is 0. The molecule has 11 heavy (non-hydrogen) atoms. The van der Waals surface area contributed by atoms with Crippen molar-refractivity contribution in [1.82, 2.24) is 0 Å². The topological polar surface area (TPSA) is 52.5 Å². The summed E-state index contributed by atoms with van der Waals surface area (Å²) in [4.78, 5) is 13.5. The van der Waals surface area contributed by atoms with Gasteiger partial charge in [0.25, 0.3) is 0 Å². The van der Waals surface area contributed by atoms with Crippen LogP contribution in [0.25, 0.3) is 0 Å². The van der Waals surface area contributed by atoms with E-state index in [9.17, 15) is 9.90 Å². The van der Waals surface area contributed by atoms with Crippen LogP contribution in [-0.4, -0.2) is 18.7 Å². The van der Waals surface area contributed by atoms with E-state index in [4.69, 9.17) is 0 Å². The van der Waals surface area contributed by atoms with Crippen molar-refractivity contribution in [3.8, 4) is 0 Å². The minimum atomic E-state index is -1.14. The molecule has 0 fully saturated rings. The summed E-state index contributed by atoms with van der Waals surface area (Å²) in [7, 11) is 0. The van der Waals surface area contributed by atoms with Crippen LogP contribution in [0.1, 0.15) is 20.8 Å². The summed E-state index contributed by atoms with van der Waals surface area (Å²) in [6.45, 7) is 5.61. The second-order valence-electron chi connectivity index (χ2n) is 3.21. The maximum absolute atomic E-state index is 9.86. The van der Waals surface area contributed by atoms with Crippen molar-refractivity contribution in [2.45, 2.75) is 20.8 Å². The molecule has 0 amide bonds. The molecule has 0 aromatic rings. The molecule has 0 rings (SSSR count). The fraction of sp³-hybridized carbons (Fsp3) is 0.714. The number of hydrogen-bond acceptors (Lipinski definition) is 3. The summed E-state index contributed by atoms with van der Waals surface area (Å²) >= 11 is 0. The molecule has 4 heteroatoms. The first-order valence-corrected chi connectivity index (χ1v) is 3.12. The van der Waals surface area contributed by atoms with Gasteiger partial charge in [-0.1, -0.05) is 20.8 Å². The Balaban J connectivity index is 0. The third kappa shape index (κ3) is 13.2. The monoisotopic (exact) mass is 165 g/mol. The van der Waals surface area contributed by atoms with E-state index in [1.165, 1.54) is 0 Å². The molecule has 3 nitrogen and oxygen atoms in total. The first-order chi connectivity index (χ1) is 4.42. The zero-order chi connectivity index (χ0) is 8.20. The number of aliphatic imine (C=N–C) groups is 1. The number of carbonyl (C=O) groups is 1. The molecule has 0 N–H and O–H groups in total. The maximum atomic E-state index is 9.86. The van der Waals surface area contributed by atoms with Gasteiger partial charge in [-0.2, -0.15) is 0 Å². The summed E-state index contributed by atoms with van der Waals surface area (Å²) in [6, 6.07) is 0. The zero-order valence-electron chi connectivity index (χ0n) is 7.55. The van der Waals surface area contributed by atoms with Gasteiger partial charge in [-0.05, 0) is 5.41 Å². The van der Waals surface area contributed by atoms with Gasteiger partial charge >= 0.3 is 29.6 Å². The van der Waals surface area contributed by atoms with Gasteiger partial charge in [0.05, 0.1) is 12.5 Å². The molecular weight excluding hydrogens is 153 g/mol. The maximum Gasteiger partial charge on any atom is 1.00 e. The van der Waals surface area contributed by atoms with Gasteiger partial charge in [-0.3, -0.25) is 4.99 Å². The van der Waals surface area contributed by atoms with E-state index in [2.05, 4.69) is 4.99 Å². The SMILES string of the molecule is CC(C)(C)C=NCC(=O)[O-].[Na+]. The second kappa shape index (κ2) is 5.75. The van der Waals surface area contributed by atoms with Gasteiger partial charge in [-0.25, -0.2) is 0 Å². The number of carboxylic acid groups (broad SMARTS) is 1. The van der Waals surface area contributed by atoms with E-state index >= 15 is 0 Å². The van der Waals surface area contributed by atoms with Crippen LogP contribution in [0, 0.1) is 5.41 Å². The molecule has 0 unspecified atom stereocenters. The van der Waals surface area contributed by atoms with E-state index < -0.39 is 5.97 Å². The molecule has 0 bridgehead atoms. The van der Waals surface area contributed by atoms with Gasteiger partial charge in [0.1, 0.15) is 0 Å². The minimum absolute atomic E-state index is 0. The molecule has 0 atom stereocenters. The normalized spacial score (nSPS) is 11.2. The van der Waals surface area contributed by atoms with Gasteiger partial charge in [0.15, 0.2) is 0 Å². The Bertz CT molecular complexity index is 149. The van der Waals surface area contributed by atoms with Crippen LogP contribution in [0.2, 0.25) is 0 Å². The van der Waals surface area contributed by atoms with Crippen molar-refractivity contribution >= 4 is 12.2 Å². The zero-order valence-corrected chi connectivity index (χ0v) is 9.55. The number of nitrogens with zero attached hydrogens (tertiary/aromatic N) is 1. The predicted molar refractivity (Wildman–Crippen MR) is 37.8 cm³/mol. The van der Waals surface area contributed by atoms with E-state index in [1.54, 1.807) is 6.21 Å². The first-order valence-electron chi connectivity index (χ1n) is 3.12. The van der Waals surface area contributed by atoms with Crippen LogP contribution in [-0.2, 0) is 4.79 Å². The Morgan fingerprint density at radius 1 is 1.55 bits per heavy atom. The van der Waals surface area contributed by atoms with Crippen molar-refractivity contribution in [3.05, 3.63) is 0 Å². The molecule has 0 aliphatic carbocycles. The van der Waals surface area contributed by atoms with Gasteiger partial charge in [0, 0.05) is 6.21 Å². The smallest absolute Gasteiger partial charge is 0.548 e. The fourth-order valence-electron chi connectivity index (χ4n) is 0.394. The summed E-state index contributed by atoms with van der Waals surface area (Å²) in [5, 5.41) is 9.86. The van der Waals surface area contributed by atoms with Crippen molar-refractivity contribution in [3.63, 3.8) is 0 Å². The van der Waals surface area contributed by atoms with E-state index in [0.717, 1.165) is 0 Å². The second-order valence-corrected chi connectivity index (χ2v) is 3.21. The number of carbonyl (C=O) groups excluding carboxylic acids is 1. The molecule has 58 valence electrons. The van der Waals surface area contributed by atoms with Gasteiger partial charge in [0.2, 0.25) is 0 Å². The number of aliphatic carboxylic acids is 1. The largest absolute Gasteiger partial charge is 1.00 e. The molecule has 0 saturated carbocycles. The predicted octanol–water partition coefficient (Wildman–Crippen LogP) is -3.14. The molecule has 0 spiro atoms. The van der Waals surface area contributed by atoms with Crippen LogP contribution in [0.5, 0.6) is 0 Å². The molecular formula is C7H12NNaO2. The molecule has 0 aliphatic rings.